The van der Waals surface area contributed by atoms with Gasteiger partial charge < -0.3 is 5.32 Å². The molecule has 4 heteroatoms. The van der Waals surface area contributed by atoms with Crippen molar-refractivity contribution in [2.45, 2.75) is 46.2 Å². The van der Waals surface area contributed by atoms with Crippen LogP contribution >= 0.6 is 11.6 Å². The average molecular weight is 230 g/mol. The largest absolute Gasteiger partial charge is 0.309 e. The van der Waals surface area contributed by atoms with Crippen molar-refractivity contribution in [1.29, 1.82) is 0 Å². The predicted molar refractivity (Wildman–Crippen MR) is 64.2 cm³/mol. The van der Waals surface area contributed by atoms with Gasteiger partial charge in [-0.05, 0) is 20.3 Å². The molecule has 0 aliphatic rings. The number of nitrogens with zero attached hydrogens (tertiary/aromatic N) is 2. The normalized spacial score (nSPS) is 13.1. The fourth-order valence-corrected chi connectivity index (χ4v) is 1.91. The topological polar surface area (TPSA) is 29.9 Å². The molecule has 1 N–H and O–H groups in total. The Morgan fingerprint density at radius 1 is 1.53 bits per heavy atom. The van der Waals surface area contributed by atoms with Gasteiger partial charge in [0, 0.05) is 19.6 Å². The fourth-order valence-electron chi connectivity index (χ4n) is 1.68. The highest BCUT2D eigenvalue weighted by Gasteiger charge is 2.11. The average Bonchev–Trinajstić information content (AvgIpc) is 2.40. The highest BCUT2D eigenvalue weighted by atomic mass is 35.5. The number of hydrogen-bond acceptors (Lipinski definition) is 2. The van der Waals surface area contributed by atoms with E-state index >= 15 is 0 Å². The van der Waals surface area contributed by atoms with Gasteiger partial charge in [0.05, 0.1) is 16.4 Å². The van der Waals surface area contributed by atoms with E-state index in [1.807, 2.05) is 18.7 Å². The molecule has 0 saturated carbocycles. The number of rotatable bonds is 5. The molecule has 1 rings (SSSR count). The first-order chi connectivity index (χ1) is 7.06. The van der Waals surface area contributed by atoms with E-state index in [0.717, 1.165) is 23.0 Å². The van der Waals surface area contributed by atoms with Crippen molar-refractivity contribution in [3.05, 3.63) is 16.4 Å². The zero-order chi connectivity index (χ0) is 11.4. The summed E-state index contributed by atoms with van der Waals surface area (Å²) < 4.78 is 1.85. The summed E-state index contributed by atoms with van der Waals surface area (Å²) in [6.07, 6.45) is 2.39. The first-order valence-electron chi connectivity index (χ1n) is 5.47. The lowest BCUT2D eigenvalue weighted by Crippen LogP contribution is -2.26. The molecule has 1 heterocycles. The zero-order valence-electron chi connectivity index (χ0n) is 9.97. The van der Waals surface area contributed by atoms with E-state index in [0.29, 0.717) is 6.04 Å². The minimum absolute atomic E-state index is 0.529. The summed E-state index contributed by atoms with van der Waals surface area (Å²) in [4.78, 5) is 0. The van der Waals surface area contributed by atoms with Crippen molar-refractivity contribution < 1.29 is 0 Å². The van der Waals surface area contributed by atoms with Crippen LogP contribution < -0.4 is 5.32 Å². The van der Waals surface area contributed by atoms with E-state index in [-0.39, 0.29) is 0 Å². The quantitative estimate of drug-likeness (QED) is 0.842. The summed E-state index contributed by atoms with van der Waals surface area (Å²) in [5.41, 5.74) is 1.97. The molecule has 0 fully saturated rings. The molecule has 0 radical (unpaired) electrons. The van der Waals surface area contributed by atoms with Crippen LogP contribution in [0.3, 0.4) is 0 Å². The van der Waals surface area contributed by atoms with Gasteiger partial charge in [-0.1, -0.05) is 24.9 Å². The minimum atomic E-state index is 0.529. The Morgan fingerprint density at radius 2 is 2.20 bits per heavy atom. The molecule has 0 saturated heterocycles. The van der Waals surface area contributed by atoms with Gasteiger partial charge in [0.25, 0.3) is 0 Å². The van der Waals surface area contributed by atoms with E-state index in [1.54, 1.807) is 0 Å². The molecule has 15 heavy (non-hydrogen) atoms. The Labute approximate surface area is 96.8 Å². The molecule has 0 aliphatic carbocycles. The Hall–Kier alpha value is -0.540. The van der Waals surface area contributed by atoms with Crippen molar-refractivity contribution in [2.75, 3.05) is 0 Å². The second kappa shape index (κ2) is 5.52. The molecule has 1 unspecified atom stereocenters. The van der Waals surface area contributed by atoms with Crippen molar-refractivity contribution in [1.82, 2.24) is 15.1 Å². The van der Waals surface area contributed by atoms with Gasteiger partial charge in [-0.15, -0.1) is 0 Å². The van der Waals surface area contributed by atoms with Crippen LogP contribution in [0.5, 0.6) is 0 Å². The Morgan fingerprint density at radius 3 is 2.67 bits per heavy atom. The lowest BCUT2D eigenvalue weighted by atomic mass is 10.2. The maximum atomic E-state index is 6.15. The highest BCUT2D eigenvalue weighted by Crippen LogP contribution is 2.19. The van der Waals surface area contributed by atoms with Crippen LogP contribution in [-0.2, 0) is 13.6 Å². The van der Waals surface area contributed by atoms with E-state index in [1.165, 1.54) is 12.8 Å². The van der Waals surface area contributed by atoms with E-state index in [4.69, 9.17) is 11.6 Å². The third-order valence-corrected chi connectivity index (χ3v) is 3.09. The van der Waals surface area contributed by atoms with Crippen LogP contribution in [0.25, 0.3) is 0 Å². The van der Waals surface area contributed by atoms with Gasteiger partial charge in [-0.25, -0.2) is 0 Å². The van der Waals surface area contributed by atoms with Gasteiger partial charge in [0.1, 0.15) is 0 Å². The first kappa shape index (κ1) is 12.5. The zero-order valence-corrected chi connectivity index (χ0v) is 10.7. The van der Waals surface area contributed by atoms with Crippen LogP contribution in [0.4, 0.5) is 0 Å². The highest BCUT2D eigenvalue weighted by molar-refractivity contribution is 6.31. The summed E-state index contributed by atoms with van der Waals surface area (Å²) in [7, 11) is 1.93. The summed E-state index contributed by atoms with van der Waals surface area (Å²) >= 11 is 6.15. The van der Waals surface area contributed by atoms with Crippen LogP contribution in [-0.4, -0.2) is 15.8 Å². The SMILES string of the molecule is CCCC(C)NCc1c(Cl)c(C)nn1C. The fraction of sp³-hybridized carbons (Fsp3) is 0.727. The van der Waals surface area contributed by atoms with Gasteiger partial charge >= 0.3 is 0 Å². The Balaban J connectivity index is 2.57. The molecule has 1 atom stereocenters. The molecular formula is C11H20ClN3. The molecule has 0 aliphatic heterocycles. The van der Waals surface area contributed by atoms with Crippen LogP contribution in [0.2, 0.25) is 5.02 Å². The van der Waals surface area contributed by atoms with E-state index < -0.39 is 0 Å². The Bertz CT molecular complexity index is 320. The van der Waals surface area contributed by atoms with Gasteiger partial charge in [-0.2, -0.15) is 5.10 Å². The standard InChI is InChI=1S/C11H20ClN3/c1-5-6-8(2)13-7-10-11(12)9(3)14-15(10)4/h8,13H,5-7H2,1-4H3. The predicted octanol–water partition coefficient (Wildman–Crippen LogP) is 2.66. The smallest absolute Gasteiger partial charge is 0.0860 e. The minimum Gasteiger partial charge on any atom is -0.309 e. The second-order valence-corrected chi connectivity index (χ2v) is 4.42. The molecule has 86 valence electrons. The second-order valence-electron chi connectivity index (χ2n) is 4.04. The van der Waals surface area contributed by atoms with Gasteiger partial charge in [0.15, 0.2) is 0 Å². The lowest BCUT2D eigenvalue weighted by molar-refractivity contribution is 0.495. The van der Waals surface area contributed by atoms with E-state index in [9.17, 15) is 0 Å². The summed E-state index contributed by atoms with van der Waals surface area (Å²) in [6.45, 7) is 7.11. The molecule has 3 nitrogen and oxygen atoms in total. The van der Waals surface area contributed by atoms with Crippen LogP contribution in [0, 0.1) is 6.92 Å². The molecule has 0 bridgehead atoms. The molecule has 0 aromatic carbocycles. The molecule has 1 aromatic rings. The summed E-state index contributed by atoms with van der Waals surface area (Å²) in [5.74, 6) is 0. The van der Waals surface area contributed by atoms with Crippen molar-refractivity contribution >= 4 is 11.6 Å². The third kappa shape index (κ3) is 3.21. The number of hydrogen-bond donors (Lipinski definition) is 1. The summed E-state index contributed by atoms with van der Waals surface area (Å²) in [5, 5.41) is 8.51. The van der Waals surface area contributed by atoms with Crippen molar-refractivity contribution in [2.24, 2.45) is 7.05 Å². The molecule has 0 spiro atoms. The maximum absolute atomic E-state index is 6.15. The lowest BCUT2D eigenvalue weighted by Gasteiger charge is -2.12. The Kier molecular flexibility index (Phi) is 4.61. The van der Waals surface area contributed by atoms with E-state index in [2.05, 4.69) is 24.3 Å². The first-order valence-corrected chi connectivity index (χ1v) is 5.85. The van der Waals surface area contributed by atoms with Crippen molar-refractivity contribution in [3.8, 4) is 0 Å². The van der Waals surface area contributed by atoms with Crippen LogP contribution in [0.1, 0.15) is 38.1 Å². The number of halogens is 1. The maximum Gasteiger partial charge on any atom is 0.0860 e. The van der Waals surface area contributed by atoms with Gasteiger partial charge in [0.2, 0.25) is 0 Å². The summed E-state index contributed by atoms with van der Waals surface area (Å²) in [6, 6.07) is 0.529. The van der Waals surface area contributed by atoms with Gasteiger partial charge in [-0.3, -0.25) is 4.68 Å². The third-order valence-electron chi connectivity index (χ3n) is 2.60. The number of nitrogens with one attached hydrogen (secondary N) is 1. The number of aromatic nitrogens is 2. The van der Waals surface area contributed by atoms with Crippen LogP contribution in [0.15, 0.2) is 0 Å². The monoisotopic (exact) mass is 229 g/mol. The van der Waals surface area contributed by atoms with Crippen molar-refractivity contribution in [3.63, 3.8) is 0 Å². The molecule has 0 amide bonds. The molecular weight excluding hydrogens is 210 g/mol. The number of aryl methyl sites for hydroxylation is 2. The molecule has 1 aromatic heterocycles.